The molecule has 2 rings (SSSR count). The molecule has 0 fully saturated rings. The monoisotopic (exact) mass is 201 g/mol. The first kappa shape index (κ1) is 8.71. The molecule has 13 heavy (non-hydrogen) atoms. The Morgan fingerprint density at radius 3 is 3.00 bits per heavy atom. The maximum absolute atomic E-state index is 11.2. The summed E-state index contributed by atoms with van der Waals surface area (Å²) < 4.78 is 22.5. The lowest BCUT2D eigenvalue weighted by Crippen LogP contribution is -2.19. The first-order valence-electron chi connectivity index (χ1n) is 4.08. The van der Waals surface area contributed by atoms with Crippen LogP contribution >= 0.6 is 0 Å². The Labute approximate surface area is 76.2 Å². The predicted octanol–water partition coefficient (Wildman–Crippen LogP) is -0.661. The summed E-state index contributed by atoms with van der Waals surface area (Å²) in [5, 5.41) is 6.69. The number of rotatable bonds is 1. The Morgan fingerprint density at radius 1 is 1.54 bits per heavy atom. The molecule has 1 aliphatic heterocycles. The zero-order chi connectivity index (χ0) is 9.47. The van der Waals surface area contributed by atoms with Crippen LogP contribution < -0.4 is 5.73 Å². The highest BCUT2D eigenvalue weighted by molar-refractivity contribution is 7.90. The normalized spacial score (nSPS) is 19.8. The van der Waals surface area contributed by atoms with Crippen molar-refractivity contribution in [2.75, 3.05) is 5.75 Å². The van der Waals surface area contributed by atoms with Gasteiger partial charge in [0.15, 0.2) is 9.84 Å². The minimum atomic E-state index is -2.90. The van der Waals surface area contributed by atoms with Gasteiger partial charge in [0.2, 0.25) is 0 Å². The number of hydrogen-bond donors (Lipinski definition) is 2. The van der Waals surface area contributed by atoms with Crippen LogP contribution in [0.2, 0.25) is 0 Å². The van der Waals surface area contributed by atoms with Crippen LogP contribution in [0, 0.1) is 0 Å². The average molecular weight is 201 g/mol. The number of nitrogens with one attached hydrogen (secondary N) is 1. The fraction of sp³-hybridized carbons (Fsp3) is 0.571. The highest BCUT2D eigenvalue weighted by Crippen LogP contribution is 2.20. The first-order chi connectivity index (χ1) is 6.12. The molecule has 0 aliphatic carbocycles. The van der Waals surface area contributed by atoms with Gasteiger partial charge in [-0.25, -0.2) is 8.42 Å². The van der Waals surface area contributed by atoms with Crippen LogP contribution in [0.3, 0.4) is 0 Å². The number of nitrogens with two attached hydrogens (primary N) is 1. The number of fused-ring (bicyclic) bond motifs is 1. The van der Waals surface area contributed by atoms with Crippen LogP contribution in [0.1, 0.15) is 17.0 Å². The van der Waals surface area contributed by atoms with Crippen molar-refractivity contribution in [2.24, 2.45) is 5.73 Å². The molecule has 0 atom stereocenters. The third-order valence-electron chi connectivity index (χ3n) is 2.26. The van der Waals surface area contributed by atoms with E-state index in [9.17, 15) is 8.42 Å². The van der Waals surface area contributed by atoms with Crippen LogP contribution in [-0.2, 0) is 28.6 Å². The van der Waals surface area contributed by atoms with Gasteiger partial charge >= 0.3 is 0 Å². The van der Waals surface area contributed by atoms with Crippen molar-refractivity contribution in [1.82, 2.24) is 10.2 Å². The Kier molecular flexibility index (Phi) is 1.88. The number of sulfone groups is 1. The molecule has 0 amide bonds. The van der Waals surface area contributed by atoms with Crippen LogP contribution in [0.25, 0.3) is 0 Å². The lowest BCUT2D eigenvalue weighted by Gasteiger charge is -2.11. The molecule has 0 spiro atoms. The molecule has 1 aromatic rings. The van der Waals surface area contributed by atoms with Gasteiger partial charge in [0.25, 0.3) is 0 Å². The first-order valence-corrected chi connectivity index (χ1v) is 5.90. The van der Waals surface area contributed by atoms with E-state index in [0.29, 0.717) is 18.7 Å². The molecule has 5 nitrogen and oxygen atoms in total. The quantitative estimate of drug-likeness (QED) is 0.631. The standard InChI is InChI=1S/C7H11N3O2S/c8-3-6-5-1-2-13(11,12)4-7(5)10-9-6/h1-4,8H2,(H,9,10). The lowest BCUT2D eigenvalue weighted by molar-refractivity contribution is 0.591. The molecule has 0 saturated carbocycles. The fourth-order valence-corrected chi connectivity index (χ4v) is 2.92. The second-order valence-electron chi connectivity index (χ2n) is 3.17. The number of aromatic amines is 1. The van der Waals surface area contributed by atoms with E-state index in [4.69, 9.17) is 5.73 Å². The van der Waals surface area contributed by atoms with Gasteiger partial charge in [0.1, 0.15) is 0 Å². The molecular formula is C7H11N3O2S. The van der Waals surface area contributed by atoms with Gasteiger partial charge < -0.3 is 5.73 Å². The largest absolute Gasteiger partial charge is 0.325 e. The van der Waals surface area contributed by atoms with Crippen molar-refractivity contribution in [3.63, 3.8) is 0 Å². The molecule has 0 radical (unpaired) electrons. The molecule has 3 N–H and O–H groups in total. The minimum absolute atomic E-state index is 0.0787. The van der Waals surface area contributed by atoms with E-state index in [1.165, 1.54) is 0 Å². The van der Waals surface area contributed by atoms with Crippen LogP contribution in [0.5, 0.6) is 0 Å². The summed E-state index contributed by atoms with van der Waals surface area (Å²) >= 11 is 0. The third-order valence-corrected chi connectivity index (χ3v) is 3.81. The van der Waals surface area contributed by atoms with Crippen LogP contribution in [0.4, 0.5) is 0 Å². The molecule has 0 unspecified atom stereocenters. The molecule has 0 bridgehead atoms. The molecule has 1 aliphatic rings. The SMILES string of the molecule is NCc1n[nH]c2c1CCS(=O)(=O)C2. The second kappa shape index (κ2) is 2.81. The molecule has 2 heterocycles. The van der Waals surface area contributed by atoms with Crippen LogP contribution in [0.15, 0.2) is 0 Å². The van der Waals surface area contributed by atoms with Gasteiger partial charge in [-0.1, -0.05) is 0 Å². The summed E-state index contributed by atoms with van der Waals surface area (Å²) in [6.07, 6.45) is 0.542. The van der Waals surface area contributed by atoms with Crippen molar-refractivity contribution in [1.29, 1.82) is 0 Å². The number of H-pyrrole nitrogens is 1. The van der Waals surface area contributed by atoms with E-state index in [0.717, 1.165) is 11.3 Å². The Bertz CT molecular complexity index is 421. The maximum atomic E-state index is 11.2. The second-order valence-corrected chi connectivity index (χ2v) is 5.36. The zero-order valence-corrected chi connectivity index (χ0v) is 7.89. The van der Waals surface area contributed by atoms with Crippen molar-refractivity contribution >= 4 is 9.84 Å². The van der Waals surface area contributed by atoms with Gasteiger partial charge in [-0.3, -0.25) is 5.10 Å². The summed E-state index contributed by atoms with van der Waals surface area (Å²) in [5.74, 6) is 0.294. The van der Waals surface area contributed by atoms with Crippen molar-refractivity contribution < 1.29 is 8.42 Å². The number of hydrogen-bond acceptors (Lipinski definition) is 4. The summed E-state index contributed by atoms with van der Waals surface area (Å²) in [7, 11) is -2.90. The Morgan fingerprint density at radius 2 is 2.31 bits per heavy atom. The van der Waals surface area contributed by atoms with Gasteiger partial charge in [-0.2, -0.15) is 5.10 Å². The van der Waals surface area contributed by atoms with E-state index >= 15 is 0 Å². The fourth-order valence-electron chi connectivity index (χ4n) is 1.58. The smallest absolute Gasteiger partial charge is 0.156 e. The van der Waals surface area contributed by atoms with Crippen molar-refractivity contribution in [3.05, 3.63) is 17.0 Å². The van der Waals surface area contributed by atoms with Crippen LogP contribution in [-0.4, -0.2) is 24.4 Å². The summed E-state index contributed by atoms with van der Waals surface area (Å²) in [6, 6.07) is 0. The van der Waals surface area contributed by atoms with Crippen molar-refractivity contribution in [2.45, 2.75) is 18.7 Å². The highest BCUT2D eigenvalue weighted by atomic mass is 32.2. The van der Waals surface area contributed by atoms with E-state index in [-0.39, 0.29) is 11.5 Å². The summed E-state index contributed by atoms with van der Waals surface area (Å²) in [6.45, 7) is 0.367. The summed E-state index contributed by atoms with van der Waals surface area (Å²) in [5.41, 5.74) is 7.96. The van der Waals surface area contributed by atoms with Gasteiger partial charge in [0.05, 0.1) is 22.9 Å². The van der Waals surface area contributed by atoms with E-state index in [1.54, 1.807) is 0 Å². The molecule has 6 heteroatoms. The average Bonchev–Trinajstić information content (AvgIpc) is 2.44. The zero-order valence-electron chi connectivity index (χ0n) is 7.08. The van der Waals surface area contributed by atoms with E-state index < -0.39 is 9.84 Å². The Balaban J connectivity index is 2.44. The third kappa shape index (κ3) is 1.47. The number of nitrogens with zero attached hydrogens (tertiary/aromatic N) is 1. The lowest BCUT2D eigenvalue weighted by atomic mass is 10.1. The predicted molar refractivity (Wildman–Crippen MR) is 47.7 cm³/mol. The molecule has 0 aromatic carbocycles. The minimum Gasteiger partial charge on any atom is -0.325 e. The van der Waals surface area contributed by atoms with Gasteiger partial charge in [-0.15, -0.1) is 0 Å². The van der Waals surface area contributed by atoms with Gasteiger partial charge in [0, 0.05) is 6.54 Å². The maximum Gasteiger partial charge on any atom is 0.156 e. The van der Waals surface area contributed by atoms with Crippen molar-refractivity contribution in [3.8, 4) is 0 Å². The topological polar surface area (TPSA) is 88.8 Å². The van der Waals surface area contributed by atoms with E-state index in [1.807, 2.05) is 0 Å². The molecular weight excluding hydrogens is 190 g/mol. The number of aromatic nitrogens is 2. The summed E-state index contributed by atoms with van der Waals surface area (Å²) in [4.78, 5) is 0. The highest BCUT2D eigenvalue weighted by Gasteiger charge is 2.25. The molecule has 0 saturated heterocycles. The van der Waals surface area contributed by atoms with E-state index in [2.05, 4.69) is 10.2 Å². The Hall–Kier alpha value is -0.880. The van der Waals surface area contributed by atoms with Gasteiger partial charge in [-0.05, 0) is 12.0 Å². The molecule has 72 valence electrons. The molecule has 1 aromatic heterocycles.